The molecule has 0 spiro atoms. The molecule has 11 heteroatoms. The van der Waals surface area contributed by atoms with Crippen molar-refractivity contribution >= 4 is 28.6 Å². The van der Waals surface area contributed by atoms with Gasteiger partial charge in [-0.05, 0) is 32.6 Å². The van der Waals surface area contributed by atoms with E-state index >= 15 is 0 Å². The summed E-state index contributed by atoms with van der Waals surface area (Å²) in [5.74, 6) is 0.671. The molecular formula is C22H36FN7O2S. The molecule has 0 radical (unpaired) electrons. The van der Waals surface area contributed by atoms with Gasteiger partial charge < -0.3 is 15.3 Å². The van der Waals surface area contributed by atoms with Crippen LogP contribution in [0.3, 0.4) is 0 Å². The van der Waals surface area contributed by atoms with Crippen molar-refractivity contribution in [3.8, 4) is 0 Å². The molecule has 1 aliphatic heterocycles. The zero-order valence-corrected chi connectivity index (χ0v) is 21.0. The van der Waals surface area contributed by atoms with Crippen molar-refractivity contribution in [1.82, 2.24) is 24.5 Å². The van der Waals surface area contributed by atoms with E-state index < -0.39 is 23.4 Å². The second kappa shape index (κ2) is 11.3. The average Bonchev–Trinajstić information content (AvgIpc) is 3.23. The summed E-state index contributed by atoms with van der Waals surface area (Å²) in [4.78, 5) is 10.7. The molecule has 3 heterocycles. The van der Waals surface area contributed by atoms with Gasteiger partial charge in [-0.3, -0.25) is 5.10 Å². The van der Waals surface area contributed by atoms with Gasteiger partial charge in [0.1, 0.15) is 5.69 Å². The summed E-state index contributed by atoms with van der Waals surface area (Å²) in [6, 6.07) is 2.23. The van der Waals surface area contributed by atoms with E-state index in [1.807, 2.05) is 25.8 Å². The molecule has 33 heavy (non-hydrogen) atoms. The van der Waals surface area contributed by atoms with E-state index in [9.17, 15) is 13.7 Å². The van der Waals surface area contributed by atoms with E-state index in [1.165, 1.54) is 0 Å². The Bertz CT molecular complexity index is 957. The number of aliphatic hydroxyl groups is 1. The topological polar surface area (TPSA) is 110 Å². The molecule has 1 aliphatic rings. The van der Waals surface area contributed by atoms with E-state index in [0.29, 0.717) is 17.5 Å². The predicted octanol–water partition coefficient (Wildman–Crippen LogP) is 3.41. The van der Waals surface area contributed by atoms with Crippen LogP contribution < -0.4 is 10.2 Å². The Morgan fingerprint density at radius 2 is 2.03 bits per heavy atom. The van der Waals surface area contributed by atoms with Crippen molar-refractivity contribution in [2.45, 2.75) is 84.5 Å². The lowest BCUT2D eigenvalue weighted by Gasteiger charge is -2.46. The van der Waals surface area contributed by atoms with Crippen LogP contribution in [0, 0.1) is 12.7 Å². The molecule has 0 aliphatic carbocycles. The second-order valence-corrected chi connectivity index (χ2v) is 10.2. The van der Waals surface area contributed by atoms with Crippen LogP contribution in [0.15, 0.2) is 6.07 Å². The molecule has 2 aromatic heterocycles. The number of aliphatic hydroxyl groups excluding tert-OH is 1. The van der Waals surface area contributed by atoms with Crippen LogP contribution in [0.4, 0.5) is 22.0 Å². The molecule has 2 aromatic rings. The lowest BCUT2D eigenvalue weighted by atomic mass is 9.89. The third kappa shape index (κ3) is 5.70. The molecule has 0 saturated carbocycles. The first-order valence-electron chi connectivity index (χ1n) is 11.7. The molecule has 184 valence electrons. The average molecular weight is 482 g/mol. The number of nitrogens with zero attached hydrogens (tertiary/aromatic N) is 5. The van der Waals surface area contributed by atoms with Crippen molar-refractivity contribution in [3.05, 3.63) is 23.3 Å². The molecule has 9 nitrogen and oxygen atoms in total. The summed E-state index contributed by atoms with van der Waals surface area (Å²) in [5, 5.41) is 19.5. The summed E-state index contributed by atoms with van der Waals surface area (Å²) in [7, 11) is 0.907. The highest BCUT2D eigenvalue weighted by atomic mass is 32.2. The van der Waals surface area contributed by atoms with Crippen LogP contribution in [0.1, 0.15) is 64.3 Å². The number of hydrogen-bond acceptors (Lipinski definition) is 7. The van der Waals surface area contributed by atoms with Gasteiger partial charge in [0.2, 0.25) is 5.95 Å². The van der Waals surface area contributed by atoms with Crippen LogP contribution in [0.2, 0.25) is 0 Å². The van der Waals surface area contributed by atoms with Crippen LogP contribution in [-0.2, 0) is 17.6 Å². The first-order valence-corrected chi connectivity index (χ1v) is 13.0. The molecule has 3 N–H and O–H groups in total. The van der Waals surface area contributed by atoms with Gasteiger partial charge in [-0.25, -0.2) is 17.9 Å². The fourth-order valence-electron chi connectivity index (χ4n) is 4.55. The molecule has 1 saturated heterocycles. The fourth-order valence-corrected chi connectivity index (χ4v) is 5.94. The summed E-state index contributed by atoms with van der Waals surface area (Å²) in [6.45, 7) is 7.55. The Morgan fingerprint density at radius 1 is 1.30 bits per heavy atom. The van der Waals surface area contributed by atoms with Gasteiger partial charge in [-0.15, -0.1) is 0 Å². The minimum absolute atomic E-state index is 0.0240. The Balaban J connectivity index is 1.90. The molecular weight excluding hydrogens is 445 g/mol. The number of rotatable bonds is 10. The Labute approximate surface area is 197 Å². The third-order valence-electron chi connectivity index (χ3n) is 6.26. The smallest absolute Gasteiger partial charge is 0.227 e. The number of nitrogens with one attached hydrogen (secondary N) is 2. The number of piperidine rings is 1. The predicted molar refractivity (Wildman–Crippen MR) is 129 cm³/mol. The van der Waals surface area contributed by atoms with E-state index in [4.69, 9.17) is 0 Å². The highest BCUT2D eigenvalue weighted by molar-refractivity contribution is 7.82. The van der Waals surface area contributed by atoms with E-state index in [2.05, 4.69) is 43.6 Å². The van der Waals surface area contributed by atoms with E-state index in [0.717, 1.165) is 37.8 Å². The molecule has 0 bridgehead atoms. The highest BCUT2D eigenvalue weighted by Gasteiger charge is 2.39. The van der Waals surface area contributed by atoms with Gasteiger partial charge >= 0.3 is 0 Å². The number of anilines is 3. The van der Waals surface area contributed by atoms with Crippen LogP contribution in [-0.4, -0.2) is 64.7 Å². The monoisotopic (exact) mass is 481 g/mol. The Kier molecular flexibility index (Phi) is 8.77. The maximum Gasteiger partial charge on any atom is 0.227 e. The minimum atomic E-state index is -0.999. The largest absolute Gasteiger partial charge is 0.390 e. The third-order valence-corrected chi connectivity index (χ3v) is 7.82. The molecule has 0 amide bonds. The summed E-state index contributed by atoms with van der Waals surface area (Å²) >= 11 is 0. The Hall–Kier alpha value is -2.11. The zero-order valence-electron chi connectivity index (χ0n) is 20.1. The van der Waals surface area contributed by atoms with Gasteiger partial charge in [-0.1, -0.05) is 27.2 Å². The number of aryl methyl sites for hydroxylation is 1. The molecule has 3 rings (SSSR count). The minimum Gasteiger partial charge on any atom is -0.390 e. The van der Waals surface area contributed by atoms with Gasteiger partial charge in [0.15, 0.2) is 17.5 Å². The standard InChI is InChI=1S/C22H36FN7O2S/c1-6-9-16-12-17(11-15(7-2)30(16)33(32)8-3)29(5)22-24-18(13-31)20(23)21(26-22)25-19-10-14(4)27-28-19/h10,15-17,31H,6-9,11-13H2,1-5H3,(H2,24,25,26,27,28). The highest BCUT2D eigenvalue weighted by Crippen LogP contribution is 2.33. The normalized spacial score (nSPS) is 22.3. The van der Waals surface area contributed by atoms with E-state index in [1.54, 1.807) is 6.07 Å². The summed E-state index contributed by atoms with van der Waals surface area (Å²) in [6.07, 6.45) is 4.50. The number of aromatic amines is 1. The quantitative estimate of drug-likeness (QED) is 0.477. The van der Waals surface area contributed by atoms with Crippen molar-refractivity contribution in [1.29, 1.82) is 0 Å². The number of aromatic nitrogens is 4. The first-order chi connectivity index (χ1) is 15.8. The maximum absolute atomic E-state index is 14.9. The van der Waals surface area contributed by atoms with Crippen LogP contribution in [0.25, 0.3) is 0 Å². The van der Waals surface area contributed by atoms with Crippen molar-refractivity contribution < 1.29 is 13.7 Å². The maximum atomic E-state index is 14.9. The van der Waals surface area contributed by atoms with Gasteiger partial charge in [-0.2, -0.15) is 10.1 Å². The van der Waals surface area contributed by atoms with Gasteiger partial charge in [0, 0.05) is 42.7 Å². The molecule has 4 atom stereocenters. The summed E-state index contributed by atoms with van der Waals surface area (Å²) < 4.78 is 29.9. The Morgan fingerprint density at radius 3 is 2.61 bits per heavy atom. The number of halogens is 1. The van der Waals surface area contributed by atoms with Gasteiger partial charge in [0.05, 0.1) is 17.6 Å². The second-order valence-electron chi connectivity index (χ2n) is 8.56. The first kappa shape index (κ1) is 25.5. The van der Waals surface area contributed by atoms with Crippen molar-refractivity contribution in [3.63, 3.8) is 0 Å². The molecule has 0 aromatic carbocycles. The van der Waals surface area contributed by atoms with Crippen molar-refractivity contribution in [2.24, 2.45) is 0 Å². The van der Waals surface area contributed by atoms with E-state index in [-0.39, 0.29) is 29.6 Å². The number of hydrogen-bond donors (Lipinski definition) is 3. The van der Waals surface area contributed by atoms with Crippen molar-refractivity contribution in [2.75, 3.05) is 23.0 Å². The lowest BCUT2D eigenvalue weighted by molar-refractivity contribution is 0.156. The summed E-state index contributed by atoms with van der Waals surface area (Å²) in [5.41, 5.74) is 0.763. The van der Waals surface area contributed by atoms with Crippen LogP contribution >= 0.6 is 0 Å². The fraction of sp³-hybridized carbons (Fsp3) is 0.682. The van der Waals surface area contributed by atoms with Gasteiger partial charge in [0.25, 0.3) is 0 Å². The van der Waals surface area contributed by atoms with Crippen LogP contribution in [0.5, 0.6) is 0 Å². The molecule has 1 fully saturated rings. The zero-order chi connectivity index (χ0) is 24.1. The lowest BCUT2D eigenvalue weighted by Crippen LogP contribution is -2.55. The SMILES string of the molecule is CCCC1CC(N(C)c2nc(CO)c(F)c(Nc3cc(C)[nH]n3)n2)CC(CC)N1S(=O)CC. The molecule has 4 unspecified atom stereocenters. The number of H-pyrrole nitrogens is 1.